The van der Waals surface area contributed by atoms with Gasteiger partial charge in [0, 0.05) is 11.0 Å². The van der Waals surface area contributed by atoms with Gasteiger partial charge in [-0.25, -0.2) is 8.42 Å². The third-order valence-corrected chi connectivity index (χ3v) is 5.22. The van der Waals surface area contributed by atoms with Crippen molar-refractivity contribution in [2.45, 2.75) is 18.9 Å². The zero-order valence-electron chi connectivity index (χ0n) is 10.8. The molecule has 0 spiro atoms. The SMILES string of the molecule is CS(=O)(=O)N1CCCC1C(=O)Nc1ccc(Br)cc1Cl. The van der Waals surface area contributed by atoms with Crippen LogP contribution in [0, 0.1) is 0 Å². The summed E-state index contributed by atoms with van der Waals surface area (Å²) in [5.74, 6) is -0.350. The lowest BCUT2D eigenvalue weighted by Crippen LogP contribution is -2.42. The van der Waals surface area contributed by atoms with Crippen LogP contribution in [0.4, 0.5) is 5.69 Å². The van der Waals surface area contributed by atoms with E-state index in [0.717, 1.165) is 10.7 Å². The minimum atomic E-state index is -3.37. The maximum atomic E-state index is 12.2. The predicted molar refractivity (Wildman–Crippen MR) is 82.4 cm³/mol. The lowest BCUT2D eigenvalue weighted by molar-refractivity contribution is -0.119. The molecule has 0 radical (unpaired) electrons. The van der Waals surface area contributed by atoms with Gasteiger partial charge in [0.15, 0.2) is 0 Å². The molecule has 1 aliphatic rings. The van der Waals surface area contributed by atoms with Crippen LogP contribution in [0.3, 0.4) is 0 Å². The van der Waals surface area contributed by atoms with Crippen LogP contribution in [0.25, 0.3) is 0 Å². The fraction of sp³-hybridized carbons (Fsp3) is 0.417. The molecule has 0 aromatic heterocycles. The first-order valence-electron chi connectivity index (χ1n) is 6.02. The van der Waals surface area contributed by atoms with Crippen molar-refractivity contribution in [2.24, 2.45) is 0 Å². The van der Waals surface area contributed by atoms with E-state index in [1.807, 2.05) is 0 Å². The Hall–Kier alpha value is -0.630. The zero-order valence-corrected chi connectivity index (χ0v) is 13.9. The molecule has 1 amide bonds. The lowest BCUT2D eigenvalue weighted by atomic mass is 10.2. The van der Waals surface area contributed by atoms with Gasteiger partial charge in [-0.15, -0.1) is 0 Å². The van der Waals surface area contributed by atoms with Gasteiger partial charge < -0.3 is 5.32 Å². The molecule has 1 aromatic carbocycles. The molecule has 1 heterocycles. The van der Waals surface area contributed by atoms with Gasteiger partial charge in [0.2, 0.25) is 15.9 Å². The molecule has 1 atom stereocenters. The van der Waals surface area contributed by atoms with Gasteiger partial charge in [-0.05, 0) is 31.0 Å². The van der Waals surface area contributed by atoms with Crippen molar-refractivity contribution in [3.05, 3.63) is 27.7 Å². The number of hydrogen-bond acceptors (Lipinski definition) is 3. The van der Waals surface area contributed by atoms with Gasteiger partial charge in [0.25, 0.3) is 0 Å². The third kappa shape index (κ3) is 3.52. The quantitative estimate of drug-likeness (QED) is 0.874. The van der Waals surface area contributed by atoms with E-state index in [1.54, 1.807) is 18.2 Å². The molecular weight excluding hydrogens is 368 g/mol. The van der Waals surface area contributed by atoms with Gasteiger partial charge in [-0.2, -0.15) is 4.31 Å². The van der Waals surface area contributed by atoms with Crippen LogP contribution in [0.15, 0.2) is 22.7 Å². The van der Waals surface area contributed by atoms with E-state index in [0.29, 0.717) is 30.1 Å². The van der Waals surface area contributed by atoms with Crippen molar-refractivity contribution in [1.82, 2.24) is 4.31 Å². The first-order chi connectivity index (χ1) is 9.29. The number of halogens is 2. The second-order valence-electron chi connectivity index (χ2n) is 4.65. The third-order valence-electron chi connectivity index (χ3n) is 3.12. The number of nitrogens with one attached hydrogen (secondary N) is 1. The van der Waals surface area contributed by atoms with Gasteiger partial charge >= 0.3 is 0 Å². The number of sulfonamides is 1. The molecule has 0 bridgehead atoms. The van der Waals surface area contributed by atoms with E-state index in [4.69, 9.17) is 11.6 Å². The van der Waals surface area contributed by atoms with E-state index in [9.17, 15) is 13.2 Å². The molecule has 20 heavy (non-hydrogen) atoms. The summed E-state index contributed by atoms with van der Waals surface area (Å²) < 4.78 is 25.3. The minimum Gasteiger partial charge on any atom is -0.323 e. The highest BCUT2D eigenvalue weighted by Crippen LogP contribution is 2.27. The number of rotatable bonds is 3. The Morgan fingerprint density at radius 3 is 2.80 bits per heavy atom. The van der Waals surface area contributed by atoms with Crippen LogP contribution in [0.5, 0.6) is 0 Å². The molecule has 1 fully saturated rings. The minimum absolute atomic E-state index is 0.350. The van der Waals surface area contributed by atoms with E-state index in [-0.39, 0.29) is 5.91 Å². The van der Waals surface area contributed by atoms with Crippen LogP contribution in [0.2, 0.25) is 5.02 Å². The van der Waals surface area contributed by atoms with Gasteiger partial charge in [0.05, 0.1) is 17.0 Å². The molecular formula is C12H14BrClN2O3S. The van der Waals surface area contributed by atoms with Crippen LogP contribution < -0.4 is 5.32 Å². The average Bonchev–Trinajstić information content (AvgIpc) is 2.81. The Bertz CT molecular complexity index is 636. The lowest BCUT2D eigenvalue weighted by Gasteiger charge is -2.21. The molecule has 1 unspecified atom stereocenters. The van der Waals surface area contributed by atoms with E-state index in [1.165, 1.54) is 4.31 Å². The smallest absolute Gasteiger partial charge is 0.242 e. The highest BCUT2D eigenvalue weighted by Gasteiger charge is 2.36. The monoisotopic (exact) mass is 380 g/mol. The van der Waals surface area contributed by atoms with E-state index in [2.05, 4.69) is 21.2 Å². The molecule has 1 saturated heterocycles. The standard InChI is InChI=1S/C12H14BrClN2O3S/c1-20(18,19)16-6-2-3-11(16)12(17)15-10-5-4-8(13)7-9(10)14/h4-5,7,11H,2-3,6H2,1H3,(H,15,17). The van der Waals surface area contributed by atoms with Crippen molar-refractivity contribution < 1.29 is 13.2 Å². The molecule has 0 aliphatic carbocycles. The highest BCUT2D eigenvalue weighted by molar-refractivity contribution is 9.10. The Labute approximate surface area is 131 Å². The number of anilines is 1. The second-order valence-corrected chi connectivity index (χ2v) is 7.90. The molecule has 1 aliphatic heterocycles. The van der Waals surface area contributed by atoms with Crippen LogP contribution >= 0.6 is 27.5 Å². The summed E-state index contributed by atoms with van der Waals surface area (Å²) >= 11 is 9.31. The van der Waals surface area contributed by atoms with Crippen LogP contribution in [-0.2, 0) is 14.8 Å². The maximum Gasteiger partial charge on any atom is 0.242 e. The van der Waals surface area contributed by atoms with E-state index < -0.39 is 16.1 Å². The fourth-order valence-electron chi connectivity index (χ4n) is 2.21. The average molecular weight is 382 g/mol. The Morgan fingerprint density at radius 2 is 2.20 bits per heavy atom. The maximum absolute atomic E-state index is 12.2. The Balaban J connectivity index is 2.16. The first kappa shape index (κ1) is 15.8. The highest BCUT2D eigenvalue weighted by atomic mass is 79.9. The Kier molecular flexibility index (Phi) is 4.73. The summed E-state index contributed by atoms with van der Waals surface area (Å²) in [6.45, 7) is 0.380. The van der Waals surface area contributed by atoms with E-state index >= 15 is 0 Å². The number of amides is 1. The van der Waals surface area contributed by atoms with Crippen molar-refractivity contribution >= 4 is 49.1 Å². The molecule has 2 rings (SSSR count). The van der Waals surface area contributed by atoms with Gasteiger partial charge in [-0.3, -0.25) is 4.79 Å². The van der Waals surface area contributed by atoms with Crippen LogP contribution in [0.1, 0.15) is 12.8 Å². The number of benzene rings is 1. The second kappa shape index (κ2) is 6.01. The fourth-order valence-corrected chi connectivity index (χ4v) is 4.05. The van der Waals surface area contributed by atoms with Crippen LogP contribution in [-0.4, -0.2) is 37.5 Å². The number of hydrogen-bond donors (Lipinski definition) is 1. The summed E-state index contributed by atoms with van der Waals surface area (Å²) in [7, 11) is -3.37. The van der Waals surface area contributed by atoms with Crippen molar-refractivity contribution in [1.29, 1.82) is 0 Å². The number of carbonyl (C=O) groups excluding carboxylic acids is 1. The zero-order chi connectivity index (χ0) is 14.9. The number of nitrogens with zero attached hydrogens (tertiary/aromatic N) is 1. The molecule has 5 nitrogen and oxygen atoms in total. The molecule has 1 N–H and O–H groups in total. The number of carbonyl (C=O) groups is 1. The summed E-state index contributed by atoms with van der Waals surface area (Å²) in [6, 6.07) is 4.43. The first-order valence-corrected chi connectivity index (χ1v) is 9.03. The summed E-state index contributed by atoms with van der Waals surface area (Å²) in [6.07, 6.45) is 2.32. The Morgan fingerprint density at radius 1 is 1.50 bits per heavy atom. The predicted octanol–water partition coefficient (Wildman–Crippen LogP) is 2.46. The molecule has 0 saturated carbocycles. The summed E-state index contributed by atoms with van der Waals surface area (Å²) in [5.41, 5.74) is 0.472. The molecule has 110 valence electrons. The van der Waals surface area contributed by atoms with Gasteiger partial charge in [-0.1, -0.05) is 27.5 Å². The van der Waals surface area contributed by atoms with Crippen molar-refractivity contribution in [3.8, 4) is 0 Å². The largest absolute Gasteiger partial charge is 0.323 e. The summed E-state index contributed by atoms with van der Waals surface area (Å²) in [5, 5.41) is 3.08. The van der Waals surface area contributed by atoms with Crippen molar-refractivity contribution in [3.63, 3.8) is 0 Å². The van der Waals surface area contributed by atoms with Gasteiger partial charge in [0.1, 0.15) is 6.04 Å². The molecule has 1 aromatic rings. The normalized spacial score (nSPS) is 20.1. The summed E-state index contributed by atoms with van der Waals surface area (Å²) in [4.78, 5) is 12.2. The van der Waals surface area contributed by atoms with Crippen molar-refractivity contribution in [2.75, 3.05) is 18.1 Å². The molecule has 8 heteroatoms. The topological polar surface area (TPSA) is 66.5 Å².